The van der Waals surface area contributed by atoms with Crippen molar-refractivity contribution in [2.24, 2.45) is 5.18 Å². The van der Waals surface area contributed by atoms with E-state index >= 15 is 0 Å². The van der Waals surface area contributed by atoms with Gasteiger partial charge >= 0.3 is 5.91 Å². The van der Waals surface area contributed by atoms with Crippen LogP contribution in [-0.2, 0) is 6.54 Å². The minimum Gasteiger partial charge on any atom is -0.487 e. The summed E-state index contributed by atoms with van der Waals surface area (Å²) in [7, 11) is 0. The van der Waals surface area contributed by atoms with Gasteiger partial charge in [-0.1, -0.05) is 0 Å². The summed E-state index contributed by atoms with van der Waals surface area (Å²) < 4.78 is 22.2. The van der Waals surface area contributed by atoms with Gasteiger partial charge in [-0.15, -0.1) is 4.91 Å². The number of aromatic nitrogens is 1. The van der Waals surface area contributed by atoms with Gasteiger partial charge in [-0.3, -0.25) is 9.59 Å². The summed E-state index contributed by atoms with van der Waals surface area (Å²) >= 11 is 0. The molecule has 0 atom stereocenters. The van der Waals surface area contributed by atoms with Crippen molar-refractivity contribution in [2.45, 2.75) is 6.54 Å². The number of amides is 1. The van der Waals surface area contributed by atoms with Gasteiger partial charge in [0.2, 0.25) is 5.43 Å². The molecule has 1 aromatic heterocycles. The average molecular weight is 346 g/mol. The molecular formula is C16H15FN4O4. The standard InChI is InChI=1S/C16H15FN4O4/c17-11-7-9-12-15(13(11)20-3-1-18-2-4-20)25-6-5-21(12)8-10(14(9)22)16(23)19-24/h7-8,18H,1-6H2. The lowest BCUT2D eigenvalue weighted by Crippen LogP contribution is -2.44. The summed E-state index contributed by atoms with van der Waals surface area (Å²) in [4.78, 5) is 36.6. The monoisotopic (exact) mass is 346 g/mol. The predicted octanol–water partition coefficient (Wildman–Crippen LogP) is 0.849. The van der Waals surface area contributed by atoms with Crippen molar-refractivity contribution >= 4 is 22.5 Å². The SMILES string of the molecule is O=NC(=O)c1cn2c3c(c(N4CCNCC4)c(F)cc3c1=O)OCC2. The van der Waals surface area contributed by atoms with Crippen LogP contribution in [0, 0.1) is 10.7 Å². The molecule has 0 saturated carbocycles. The maximum Gasteiger partial charge on any atom is 0.322 e. The van der Waals surface area contributed by atoms with E-state index in [9.17, 15) is 18.9 Å². The maximum atomic E-state index is 14.8. The first-order chi connectivity index (χ1) is 12.1. The van der Waals surface area contributed by atoms with Crippen LogP contribution in [0.2, 0.25) is 0 Å². The van der Waals surface area contributed by atoms with Crippen molar-refractivity contribution < 1.29 is 13.9 Å². The van der Waals surface area contributed by atoms with Crippen LogP contribution in [0.4, 0.5) is 10.1 Å². The molecular weight excluding hydrogens is 331 g/mol. The van der Waals surface area contributed by atoms with Crippen LogP contribution in [0.25, 0.3) is 10.9 Å². The number of rotatable bonds is 2. The van der Waals surface area contributed by atoms with E-state index < -0.39 is 17.2 Å². The first-order valence-corrected chi connectivity index (χ1v) is 7.97. The van der Waals surface area contributed by atoms with E-state index in [0.29, 0.717) is 36.6 Å². The first kappa shape index (κ1) is 15.7. The highest BCUT2D eigenvalue weighted by atomic mass is 19.1. The van der Waals surface area contributed by atoms with Crippen molar-refractivity contribution in [2.75, 3.05) is 37.7 Å². The third-order valence-electron chi connectivity index (χ3n) is 4.57. The Bertz CT molecular complexity index is 950. The number of halogens is 1. The molecule has 1 N–H and O–H groups in total. The number of pyridine rings is 1. The number of anilines is 1. The molecule has 0 aliphatic carbocycles. The number of nitroso groups, excluding NO2 is 1. The lowest BCUT2D eigenvalue weighted by Gasteiger charge is -2.33. The number of hydrogen-bond acceptors (Lipinski definition) is 6. The van der Waals surface area contributed by atoms with Gasteiger partial charge in [0.1, 0.15) is 17.9 Å². The number of benzene rings is 1. The second-order valence-electron chi connectivity index (χ2n) is 5.98. The number of hydrogen-bond donors (Lipinski definition) is 1. The van der Waals surface area contributed by atoms with Gasteiger partial charge in [0.25, 0.3) is 0 Å². The van der Waals surface area contributed by atoms with Gasteiger partial charge in [0, 0.05) is 37.6 Å². The van der Waals surface area contributed by atoms with Crippen LogP contribution < -0.4 is 20.4 Å². The molecule has 1 fully saturated rings. The summed E-state index contributed by atoms with van der Waals surface area (Å²) in [5.74, 6) is -1.44. The van der Waals surface area contributed by atoms with Gasteiger partial charge < -0.3 is 19.5 Å². The summed E-state index contributed by atoms with van der Waals surface area (Å²) in [5.41, 5.74) is -0.305. The van der Waals surface area contributed by atoms with Crippen molar-refractivity contribution in [3.63, 3.8) is 0 Å². The largest absolute Gasteiger partial charge is 0.487 e. The van der Waals surface area contributed by atoms with Crippen LogP contribution in [0.3, 0.4) is 0 Å². The lowest BCUT2D eigenvalue weighted by molar-refractivity contribution is 0.0999. The fraction of sp³-hybridized carbons (Fsp3) is 0.375. The van der Waals surface area contributed by atoms with Crippen molar-refractivity contribution in [3.8, 4) is 5.75 Å². The lowest BCUT2D eigenvalue weighted by atomic mass is 10.1. The van der Waals surface area contributed by atoms with E-state index in [-0.39, 0.29) is 17.6 Å². The molecule has 1 aromatic carbocycles. The number of nitrogens with one attached hydrogen (secondary N) is 1. The molecule has 1 amide bonds. The zero-order chi connectivity index (χ0) is 17.6. The highest BCUT2D eigenvalue weighted by molar-refractivity contribution is 6.00. The fourth-order valence-corrected chi connectivity index (χ4v) is 3.43. The third-order valence-corrected chi connectivity index (χ3v) is 4.57. The summed E-state index contributed by atoms with van der Waals surface area (Å²) in [6.07, 6.45) is 1.31. The number of piperazine rings is 1. The molecule has 0 radical (unpaired) electrons. The Kier molecular flexibility index (Phi) is 3.72. The second-order valence-corrected chi connectivity index (χ2v) is 5.98. The van der Waals surface area contributed by atoms with E-state index in [4.69, 9.17) is 4.74 Å². The van der Waals surface area contributed by atoms with Gasteiger partial charge in [0.15, 0.2) is 11.6 Å². The minimum atomic E-state index is -1.16. The van der Waals surface area contributed by atoms with Crippen LogP contribution in [0.1, 0.15) is 10.4 Å². The molecule has 2 aromatic rings. The second kappa shape index (κ2) is 5.92. The average Bonchev–Trinajstić information content (AvgIpc) is 2.64. The third kappa shape index (κ3) is 2.39. The molecule has 2 aliphatic rings. The van der Waals surface area contributed by atoms with E-state index in [1.165, 1.54) is 6.20 Å². The number of carbonyl (C=O) groups is 1. The highest BCUT2D eigenvalue weighted by Crippen LogP contribution is 2.40. The molecule has 0 unspecified atom stereocenters. The zero-order valence-corrected chi connectivity index (χ0v) is 13.2. The summed E-state index contributed by atoms with van der Waals surface area (Å²) in [6, 6.07) is 1.12. The highest BCUT2D eigenvalue weighted by Gasteiger charge is 2.28. The normalized spacial score (nSPS) is 16.6. The molecule has 3 heterocycles. The Balaban J connectivity index is 2.02. The topological polar surface area (TPSA) is 93.0 Å². The summed E-state index contributed by atoms with van der Waals surface area (Å²) in [5, 5.41) is 5.53. The molecule has 8 nitrogen and oxygen atoms in total. The van der Waals surface area contributed by atoms with Gasteiger partial charge in [-0.05, 0) is 6.07 Å². The Morgan fingerprint density at radius 3 is 2.76 bits per heavy atom. The molecule has 130 valence electrons. The zero-order valence-electron chi connectivity index (χ0n) is 13.2. The van der Waals surface area contributed by atoms with Gasteiger partial charge in [-0.2, -0.15) is 0 Å². The van der Waals surface area contributed by atoms with Crippen molar-refractivity contribution in [1.82, 2.24) is 9.88 Å². The van der Waals surface area contributed by atoms with Crippen LogP contribution >= 0.6 is 0 Å². The molecule has 4 rings (SSSR count). The van der Waals surface area contributed by atoms with E-state index in [1.54, 1.807) is 4.57 Å². The molecule has 0 bridgehead atoms. The number of ether oxygens (including phenoxy) is 1. The Hall–Kier alpha value is -2.81. The van der Waals surface area contributed by atoms with E-state index in [2.05, 4.69) is 10.5 Å². The Morgan fingerprint density at radius 1 is 1.28 bits per heavy atom. The van der Waals surface area contributed by atoms with Crippen molar-refractivity contribution in [1.29, 1.82) is 0 Å². The Morgan fingerprint density at radius 2 is 2.04 bits per heavy atom. The molecule has 1 saturated heterocycles. The molecule has 0 spiro atoms. The number of nitrogens with zero attached hydrogens (tertiary/aromatic N) is 3. The predicted molar refractivity (Wildman–Crippen MR) is 88.9 cm³/mol. The molecule has 9 heteroatoms. The smallest absolute Gasteiger partial charge is 0.322 e. The van der Waals surface area contributed by atoms with Crippen LogP contribution in [0.5, 0.6) is 5.75 Å². The van der Waals surface area contributed by atoms with Gasteiger partial charge in [-0.25, -0.2) is 4.39 Å². The van der Waals surface area contributed by atoms with Crippen LogP contribution in [0.15, 0.2) is 22.2 Å². The molecule has 25 heavy (non-hydrogen) atoms. The van der Waals surface area contributed by atoms with Crippen molar-refractivity contribution in [3.05, 3.63) is 38.8 Å². The summed E-state index contributed by atoms with van der Waals surface area (Å²) in [6.45, 7) is 3.35. The van der Waals surface area contributed by atoms with Crippen LogP contribution in [-0.4, -0.2) is 43.3 Å². The minimum absolute atomic E-state index is 0.0144. The fourth-order valence-electron chi connectivity index (χ4n) is 3.43. The number of carbonyl (C=O) groups excluding carboxylic acids is 1. The van der Waals surface area contributed by atoms with E-state index in [0.717, 1.165) is 19.2 Å². The Labute approximate surface area is 141 Å². The molecule has 2 aliphatic heterocycles. The quantitative estimate of drug-likeness (QED) is 0.811. The van der Waals surface area contributed by atoms with E-state index in [1.807, 2.05) is 4.90 Å². The maximum absolute atomic E-state index is 14.8. The first-order valence-electron chi connectivity index (χ1n) is 7.97. The van der Waals surface area contributed by atoms with Gasteiger partial charge in [0.05, 0.1) is 17.4 Å².